The molecule has 16 heavy (non-hydrogen) atoms. The molecule has 1 aromatic heterocycles. The van der Waals surface area contributed by atoms with Crippen molar-refractivity contribution in [3.63, 3.8) is 0 Å². The third kappa shape index (κ3) is 3.75. The van der Waals surface area contributed by atoms with Crippen molar-refractivity contribution in [2.75, 3.05) is 19.6 Å². The van der Waals surface area contributed by atoms with Gasteiger partial charge in [-0.25, -0.2) is 4.98 Å². The van der Waals surface area contributed by atoms with Gasteiger partial charge in [0.05, 0.1) is 13.1 Å². The van der Waals surface area contributed by atoms with Crippen LogP contribution in [0.4, 0.5) is 0 Å². The zero-order valence-corrected chi connectivity index (χ0v) is 9.26. The molecule has 0 atom stereocenters. The van der Waals surface area contributed by atoms with Crippen LogP contribution in [0.1, 0.15) is 5.82 Å². The molecule has 0 bridgehead atoms. The summed E-state index contributed by atoms with van der Waals surface area (Å²) < 4.78 is 1.96. The maximum Gasteiger partial charge on any atom is 0.317 e. The molecule has 0 aliphatic carbocycles. The van der Waals surface area contributed by atoms with Crippen LogP contribution in [-0.2, 0) is 11.3 Å². The predicted octanol–water partition coefficient (Wildman–Crippen LogP) is 0.211. The highest BCUT2D eigenvalue weighted by Gasteiger charge is 2.08. The minimum Gasteiger partial charge on any atom is -0.480 e. The number of aliphatic carboxylic acids is 1. The van der Waals surface area contributed by atoms with Crippen molar-refractivity contribution >= 4 is 5.97 Å². The minimum absolute atomic E-state index is 0.0298. The van der Waals surface area contributed by atoms with Gasteiger partial charge in [0.1, 0.15) is 5.82 Å². The molecule has 0 radical (unpaired) electrons. The van der Waals surface area contributed by atoms with E-state index in [0.29, 0.717) is 19.6 Å². The number of aromatic nitrogens is 2. The fourth-order valence-corrected chi connectivity index (χ4v) is 1.42. The molecular weight excluding hydrogens is 206 g/mol. The molecular formula is C11H15N3O2. The Morgan fingerprint density at radius 1 is 1.75 bits per heavy atom. The lowest BCUT2D eigenvalue weighted by atomic mass is 10.4. The second kappa shape index (κ2) is 5.93. The van der Waals surface area contributed by atoms with E-state index in [1.807, 2.05) is 17.7 Å². The molecule has 1 heterocycles. The van der Waals surface area contributed by atoms with E-state index in [9.17, 15) is 4.79 Å². The van der Waals surface area contributed by atoms with Crippen LogP contribution < -0.4 is 0 Å². The highest BCUT2D eigenvalue weighted by molar-refractivity contribution is 5.69. The van der Waals surface area contributed by atoms with Gasteiger partial charge in [0.2, 0.25) is 0 Å². The molecule has 0 saturated carbocycles. The zero-order valence-electron chi connectivity index (χ0n) is 9.26. The summed E-state index contributed by atoms with van der Waals surface area (Å²) in [4.78, 5) is 16.4. The van der Waals surface area contributed by atoms with E-state index < -0.39 is 5.97 Å². The van der Waals surface area contributed by atoms with Gasteiger partial charge in [-0.05, 0) is 6.92 Å². The first-order chi connectivity index (χ1) is 7.63. The van der Waals surface area contributed by atoms with E-state index in [2.05, 4.69) is 10.9 Å². The summed E-state index contributed by atoms with van der Waals surface area (Å²) in [6.07, 6.45) is 8.77. The SMILES string of the molecule is C#CCN(CCn1ccnc1C)CC(=O)O. The number of hydrogen-bond donors (Lipinski definition) is 1. The molecule has 86 valence electrons. The van der Waals surface area contributed by atoms with E-state index in [-0.39, 0.29) is 6.54 Å². The lowest BCUT2D eigenvalue weighted by molar-refractivity contribution is -0.138. The van der Waals surface area contributed by atoms with Crippen molar-refractivity contribution in [3.05, 3.63) is 18.2 Å². The van der Waals surface area contributed by atoms with E-state index in [1.54, 1.807) is 11.1 Å². The van der Waals surface area contributed by atoms with Crippen molar-refractivity contribution in [2.45, 2.75) is 13.5 Å². The number of carboxylic acid groups (broad SMARTS) is 1. The summed E-state index contributed by atoms with van der Waals surface area (Å²) in [5, 5.41) is 8.69. The first-order valence-corrected chi connectivity index (χ1v) is 4.99. The van der Waals surface area contributed by atoms with Gasteiger partial charge >= 0.3 is 5.97 Å². The number of carboxylic acids is 1. The summed E-state index contributed by atoms with van der Waals surface area (Å²) in [5.41, 5.74) is 0. The fourth-order valence-electron chi connectivity index (χ4n) is 1.42. The third-order valence-corrected chi connectivity index (χ3v) is 2.25. The maximum atomic E-state index is 10.6. The van der Waals surface area contributed by atoms with E-state index in [1.165, 1.54) is 0 Å². The minimum atomic E-state index is -0.863. The summed E-state index contributed by atoms with van der Waals surface area (Å²) in [6, 6.07) is 0. The van der Waals surface area contributed by atoms with Gasteiger partial charge in [0, 0.05) is 25.5 Å². The Balaban J connectivity index is 2.47. The number of imidazole rings is 1. The normalized spacial score (nSPS) is 10.3. The third-order valence-electron chi connectivity index (χ3n) is 2.25. The van der Waals surface area contributed by atoms with Crippen molar-refractivity contribution in [1.29, 1.82) is 0 Å². The second-order valence-electron chi connectivity index (χ2n) is 3.48. The molecule has 0 amide bonds. The topological polar surface area (TPSA) is 58.4 Å². The van der Waals surface area contributed by atoms with Crippen LogP contribution in [0.25, 0.3) is 0 Å². The van der Waals surface area contributed by atoms with Crippen molar-refractivity contribution in [3.8, 4) is 12.3 Å². The smallest absolute Gasteiger partial charge is 0.317 e. The molecule has 5 heteroatoms. The lowest BCUT2D eigenvalue weighted by Crippen LogP contribution is -2.33. The Labute approximate surface area is 94.7 Å². The van der Waals surface area contributed by atoms with Gasteiger partial charge < -0.3 is 9.67 Å². The average molecular weight is 221 g/mol. The number of hydrogen-bond acceptors (Lipinski definition) is 3. The lowest BCUT2D eigenvalue weighted by Gasteiger charge is -2.17. The second-order valence-corrected chi connectivity index (χ2v) is 3.48. The van der Waals surface area contributed by atoms with Gasteiger partial charge in [0.15, 0.2) is 0 Å². The number of terminal acetylenes is 1. The van der Waals surface area contributed by atoms with Crippen LogP contribution in [0.15, 0.2) is 12.4 Å². The Kier molecular flexibility index (Phi) is 4.55. The Bertz CT molecular complexity index is 392. The van der Waals surface area contributed by atoms with Crippen molar-refractivity contribution in [2.24, 2.45) is 0 Å². The van der Waals surface area contributed by atoms with Crippen LogP contribution in [0.5, 0.6) is 0 Å². The van der Waals surface area contributed by atoms with Gasteiger partial charge in [-0.15, -0.1) is 6.42 Å². The molecule has 0 aromatic carbocycles. The van der Waals surface area contributed by atoms with E-state index in [4.69, 9.17) is 11.5 Å². The number of rotatable bonds is 6. The highest BCUT2D eigenvalue weighted by Crippen LogP contribution is 1.96. The summed E-state index contributed by atoms with van der Waals surface area (Å²) in [5.74, 6) is 2.51. The number of nitrogens with zero attached hydrogens (tertiary/aromatic N) is 3. The van der Waals surface area contributed by atoms with Crippen LogP contribution in [0.3, 0.4) is 0 Å². The molecule has 0 unspecified atom stereocenters. The first kappa shape index (κ1) is 12.3. The Hall–Kier alpha value is -1.80. The molecule has 0 aliphatic rings. The van der Waals surface area contributed by atoms with Gasteiger partial charge in [0.25, 0.3) is 0 Å². The Morgan fingerprint density at radius 3 is 3.00 bits per heavy atom. The van der Waals surface area contributed by atoms with E-state index in [0.717, 1.165) is 5.82 Å². The Morgan fingerprint density at radius 2 is 2.50 bits per heavy atom. The number of carbonyl (C=O) groups is 1. The first-order valence-electron chi connectivity index (χ1n) is 4.99. The van der Waals surface area contributed by atoms with Gasteiger partial charge in [-0.3, -0.25) is 9.69 Å². The number of aryl methyl sites for hydroxylation is 1. The summed E-state index contributed by atoms with van der Waals surface area (Å²) in [7, 11) is 0. The van der Waals surface area contributed by atoms with Crippen LogP contribution in [-0.4, -0.2) is 45.2 Å². The molecule has 1 rings (SSSR count). The molecule has 0 spiro atoms. The largest absolute Gasteiger partial charge is 0.480 e. The molecule has 0 fully saturated rings. The van der Waals surface area contributed by atoms with Gasteiger partial charge in [-0.2, -0.15) is 0 Å². The summed E-state index contributed by atoms with van der Waals surface area (Å²) in [6.45, 7) is 3.52. The van der Waals surface area contributed by atoms with Crippen LogP contribution >= 0.6 is 0 Å². The molecule has 0 aliphatic heterocycles. The standard InChI is InChI=1S/C11H15N3O2/c1-3-5-13(9-11(15)16)7-8-14-6-4-12-10(14)2/h1,4,6H,5,7-9H2,2H3,(H,15,16). The van der Waals surface area contributed by atoms with Gasteiger partial charge in [-0.1, -0.05) is 5.92 Å². The van der Waals surface area contributed by atoms with Crippen molar-refractivity contribution < 1.29 is 9.90 Å². The predicted molar refractivity (Wildman–Crippen MR) is 59.9 cm³/mol. The van der Waals surface area contributed by atoms with Crippen LogP contribution in [0, 0.1) is 19.3 Å². The highest BCUT2D eigenvalue weighted by atomic mass is 16.4. The maximum absolute atomic E-state index is 10.6. The van der Waals surface area contributed by atoms with Crippen molar-refractivity contribution in [1.82, 2.24) is 14.5 Å². The molecule has 1 aromatic rings. The quantitative estimate of drug-likeness (QED) is 0.698. The zero-order chi connectivity index (χ0) is 12.0. The summed E-state index contributed by atoms with van der Waals surface area (Å²) >= 11 is 0. The fraction of sp³-hybridized carbons (Fsp3) is 0.455. The molecule has 1 N–H and O–H groups in total. The molecule has 5 nitrogen and oxygen atoms in total. The molecule has 0 saturated heterocycles. The average Bonchev–Trinajstić information content (AvgIpc) is 2.60. The van der Waals surface area contributed by atoms with E-state index >= 15 is 0 Å². The van der Waals surface area contributed by atoms with Crippen LogP contribution in [0.2, 0.25) is 0 Å². The monoisotopic (exact) mass is 221 g/mol.